The first kappa shape index (κ1) is 18.9. The monoisotopic (exact) mass is 398 g/mol. The maximum absolute atomic E-state index is 12.2. The fraction of sp³-hybridized carbons (Fsp3) is 0. The van der Waals surface area contributed by atoms with Crippen molar-refractivity contribution in [2.24, 2.45) is 0 Å². The summed E-state index contributed by atoms with van der Waals surface area (Å²) in [5, 5.41) is 3.43. The number of pyridine rings is 1. The first-order valence-electron chi connectivity index (χ1n) is 9.23. The van der Waals surface area contributed by atoms with E-state index in [1.54, 1.807) is 48.7 Å². The number of amides is 2. The van der Waals surface area contributed by atoms with Gasteiger partial charge in [-0.2, -0.15) is 0 Å². The number of hydrogen-bond acceptors (Lipinski definition) is 5. The highest BCUT2D eigenvalue weighted by molar-refractivity contribution is 6.39. The highest BCUT2D eigenvalue weighted by Crippen LogP contribution is 2.29. The second-order valence-corrected chi connectivity index (χ2v) is 6.36. The molecular formula is C23H18N4O3. The Morgan fingerprint density at radius 3 is 2.40 bits per heavy atom. The molecule has 7 nitrogen and oxygen atoms in total. The number of benzene rings is 3. The summed E-state index contributed by atoms with van der Waals surface area (Å²) in [6.45, 7) is 0. The van der Waals surface area contributed by atoms with Crippen molar-refractivity contribution in [2.75, 3.05) is 10.7 Å². The van der Waals surface area contributed by atoms with E-state index in [0.29, 0.717) is 22.9 Å². The van der Waals surface area contributed by atoms with Gasteiger partial charge in [0.25, 0.3) is 0 Å². The highest BCUT2D eigenvalue weighted by atomic mass is 16.5. The molecule has 3 aromatic carbocycles. The van der Waals surface area contributed by atoms with Crippen molar-refractivity contribution in [1.82, 2.24) is 10.4 Å². The molecule has 4 rings (SSSR count). The van der Waals surface area contributed by atoms with Gasteiger partial charge in [-0.25, -0.2) is 0 Å². The van der Waals surface area contributed by atoms with E-state index in [4.69, 9.17) is 4.74 Å². The minimum atomic E-state index is -0.815. The van der Waals surface area contributed by atoms with Crippen LogP contribution >= 0.6 is 0 Å². The molecule has 3 N–H and O–H groups in total. The molecule has 0 unspecified atom stereocenters. The number of nitrogens with zero attached hydrogens (tertiary/aromatic N) is 1. The number of fused-ring (bicyclic) bond motifs is 1. The van der Waals surface area contributed by atoms with Crippen molar-refractivity contribution in [3.8, 4) is 11.5 Å². The first-order valence-corrected chi connectivity index (χ1v) is 9.23. The van der Waals surface area contributed by atoms with Crippen molar-refractivity contribution in [3.63, 3.8) is 0 Å². The molecule has 0 saturated heterocycles. The molecule has 0 aliphatic carbocycles. The molecule has 1 heterocycles. The van der Waals surface area contributed by atoms with E-state index in [2.05, 4.69) is 21.2 Å². The molecule has 0 radical (unpaired) electrons. The lowest BCUT2D eigenvalue weighted by Gasteiger charge is -2.11. The number of aromatic nitrogens is 1. The molecule has 0 aliphatic heterocycles. The molecule has 0 fully saturated rings. The molecular weight excluding hydrogens is 380 g/mol. The Bertz CT molecular complexity index is 1190. The van der Waals surface area contributed by atoms with E-state index in [-0.39, 0.29) is 0 Å². The smallest absolute Gasteiger partial charge is 0.327 e. The quantitative estimate of drug-likeness (QED) is 0.348. The number of para-hydroxylation sites is 2. The molecule has 4 aromatic rings. The van der Waals surface area contributed by atoms with E-state index in [1.807, 2.05) is 42.5 Å². The van der Waals surface area contributed by atoms with Gasteiger partial charge in [0.15, 0.2) is 0 Å². The number of carbonyl (C=O) groups is 2. The summed E-state index contributed by atoms with van der Waals surface area (Å²) in [6, 6.07) is 25.2. The topological polar surface area (TPSA) is 92.4 Å². The third kappa shape index (κ3) is 4.53. The van der Waals surface area contributed by atoms with E-state index in [9.17, 15) is 9.59 Å². The second-order valence-electron chi connectivity index (χ2n) is 6.36. The fourth-order valence-corrected chi connectivity index (χ4v) is 2.82. The van der Waals surface area contributed by atoms with Gasteiger partial charge < -0.3 is 10.1 Å². The Hall–Kier alpha value is -4.39. The molecule has 1 aromatic heterocycles. The predicted molar refractivity (Wildman–Crippen MR) is 115 cm³/mol. The van der Waals surface area contributed by atoms with Crippen LogP contribution in [-0.2, 0) is 9.59 Å². The summed E-state index contributed by atoms with van der Waals surface area (Å²) >= 11 is 0. The summed E-state index contributed by atoms with van der Waals surface area (Å²) < 4.78 is 5.98. The van der Waals surface area contributed by atoms with Crippen LogP contribution in [0.1, 0.15) is 0 Å². The van der Waals surface area contributed by atoms with Crippen molar-refractivity contribution < 1.29 is 14.3 Å². The van der Waals surface area contributed by atoms with Crippen LogP contribution < -0.4 is 20.9 Å². The van der Waals surface area contributed by atoms with Crippen LogP contribution in [0.4, 0.5) is 11.4 Å². The second kappa shape index (κ2) is 8.74. The minimum Gasteiger partial charge on any atom is -0.457 e. The van der Waals surface area contributed by atoms with Gasteiger partial charge in [-0.05, 0) is 42.5 Å². The van der Waals surface area contributed by atoms with Crippen LogP contribution in [0.3, 0.4) is 0 Å². The van der Waals surface area contributed by atoms with Crippen molar-refractivity contribution >= 4 is 34.1 Å². The summed E-state index contributed by atoms with van der Waals surface area (Å²) in [7, 11) is 0. The van der Waals surface area contributed by atoms with Crippen LogP contribution in [-0.4, -0.2) is 16.8 Å². The van der Waals surface area contributed by atoms with Crippen LogP contribution in [0.15, 0.2) is 91.1 Å². The summed E-state index contributed by atoms with van der Waals surface area (Å²) in [5.41, 5.74) is 6.96. The van der Waals surface area contributed by atoms with Gasteiger partial charge in [0.1, 0.15) is 11.5 Å². The van der Waals surface area contributed by atoms with Crippen molar-refractivity contribution in [1.29, 1.82) is 0 Å². The van der Waals surface area contributed by atoms with E-state index in [1.165, 1.54) is 0 Å². The zero-order valence-electron chi connectivity index (χ0n) is 15.8. The molecule has 0 saturated carbocycles. The van der Waals surface area contributed by atoms with Crippen molar-refractivity contribution in [2.45, 2.75) is 0 Å². The molecule has 2 amide bonds. The zero-order valence-corrected chi connectivity index (χ0v) is 15.8. The number of nitrogens with one attached hydrogen (secondary N) is 3. The van der Waals surface area contributed by atoms with Crippen molar-refractivity contribution in [3.05, 3.63) is 91.1 Å². The lowest BCUT2D eigenvalue weighted by molar-refractivity contribution is -0.135. The number of anilines is 2. The lowest BCUT2D eigenvalue weighted by atomic mass is 10.2. The number of rotatable bonds is 5. The van der Waals surface area contributed by atoms with E-state index >= 15 is 0 Å². The summed E-state index contributed by atoms with van der Waals surface area (Å²) in [6.07, 6.45) is 1.67. The van der Waals surface area contributed by atoms with Crippen LogP contribution in [0, 0.1) is 0 Å². The third-order valence-electron chi connectivity index (χ3n) is 4.23. The maximum Gasteiger partial charge on any atom is 0.327 e. The molecule has 7 heteroatoms. The minimum absolute atomic E-state index is 0.436. The van der Waals surface area contributed by atoms with Gasteiger partial charge in [0.2, 0.25) is 0 Å². The Balaban J connectivity index is 1.41. The van der Waals surface area contributed by atoms with E-state index in [0.717, 1.165) is 10.9 Å². The molecule has 0 bridgehead atoms. The number of hydrogen-bond donors (Lipinski definition) is 3. The molecule has 148 valence electrons. The van der Waals surface area contributed by atoms with Gasteiger partial charge in [-0.1, -0.05) is 36.4 Å². The summed E-state index contributed by atoms with van der Waals surface area (Å²) in [4.78, 5) is 28.5. The molecule has 0 atom stereocenters. The van der Waals surface area contributed by atoms with Gasteiger partial charge in [-0.3, -0.25) is 25.4 Å². The van der Waals surface area contributed by atoms with Crippen LogP contribution in [0.5, 0.6) is 11.5 Å². The number of hydrazine groups is 1. The van der Waals surface area contributed by atoms with Crippen LogP contribution in [0.25, 0.3) is 10.9 Å². The average molecular weight is 398 g/mol. The predicted octanol–water partition coefficient (Wildman–Crippen LogP) is 4.11. The molecule has 0 spiro atoms. The third-order valence-corrected chi connectivity index (χ3v) is 4.23. The van der Waals surface area contributed by atoms with Gasteiger partial charge in [-0.15, -0.1) is 0 Å². The fourth-order valence-electron chi connectivity index (χ4n) is 2.82. The average Bonchev–Trinajstić information content (AvgIpc) is 2.78. The standard InChI is InChI=1S/C23H18N4O3/c28-22(23(29)27-26-16-7-2-1-3-8-16)25-17-9-6-10-18(15-17)30-21-13-14-24-20-12-5-4-11-19(20)21/h1-15,26H,(H,25,28)(H,27,29). The zero-order chi connectivity index (χ0) is 20.8. The highest BCUT2D eigenvalue weighted by Gasteiger charge is 2.14. The van der Waals surface area contributed by atoms with Gasteiger partial charge in [0.05, 0.1) is 11.2 Å². The SMILES string of the molecule is O=C(NNc1ccccc1)C(=O)Nc1cccc(Oc2ccnc3ccccc23)c1. The Morgan fingerprint density at radius 2 is 1.53 bits per heavy atom. The lowest BCUT2D eigenvalue weighted by Crippen LogP contribution is -2.38. The molecule has 30 heavy (non-hydrogen) atoms. The Labute approximate surface area is 172 Å². The van der Waals surface area contributed by atoms with Crippen LogP contribution in [0.2, 0.25) is 0 Å². The summed E-state index contributed by atoms with van der Waals surface area (Å²) in [5.74, 6) is -0.448. The van der Waals surface area contributed by atoms with E-state index < -0.39 is 11.8 Å². The van der Waals surface area contributed by atoms with Gasteiger partial charge in [0, 0.05) is 23.3 Å². The number of ether oxygens (including phenoxy) is 1. The normalized spacial score (nSPS) is 10.3. The Morgan fingerprint density at radius 1 is 0.767 bits per heavy atom. The number of carbonyl (C=O) groups excluding carboxylic acids is 2. The first-order chi connectivity index (χ1) is 14.7. The molecule has 0 aliphatic rings. The largest absolute Gasteiger partial charge is 0.457 e. The van der Waals surface area contributed by atoms with Gasteiger partial charge >= 0.3 is 11.8 Å². The Kier molecular flexibility index (Phi) is 5.52. The maximum atomic E-state index is 12.2.